The van der Waals surface area contributed by atoms with Crippen LogP contribution in [0.3, 0.4) is 0 Å². The average Bonchev–Trinajstić information content (AvgIpc) is 3.29. The molecule has 0 fully saturated rings. The van der Waals surface area contributed by atoms with Gasteiger partial charge in [0, 0.05) is 11.3 Å². The number of aromatic nitrogens is 2. The molecule has 0 spiro atoms. The van der Waals surface area contributed by atoms with E-state index in [1.165, 1.54) is 23.1 Å². The summed E-state index contributed by atoms with van der Waals surface area (Å²) in [5.74, 6) is 0.963. The lowest BCUT2D eigenvalue weighted by Gasteiger charge is -2.16. The summed E-state index contributed by atoms with van der Waals surface area (Å²) in [6.45, 7) is 10.7. The number of carbonyl (C=O) groups excluding carboxylic acids is 2. The van der Waals surface area contributed by atoms with Gasteiger partial charge >= 0.3 is 0 Å². The first kappa shape index (κ1) is 27.3. The standard InChI is InChI=1S/C25H30N4O5S2/c1-6-32-19-12-17(13-20(33-7-2)22(19)34-8-3)23(31)27-24-28-29-25(36-24)35-14-21(30)26-18-11-15(4)9-10-16(18)5/h9-13H,6-8,14H2,1-5H3,(H,26,30)(H,27,28,31). The first-order valence-corrected chi connectivity index (χ1v) is 13.4. The Morgan fingerprint density at radius 2 is 1.58 bits per heavy atom. The van der Waals surface area contributed by atoms with Crippen LogP contribution in [0, 0.1) is 13.8 Å². The SMILES string of the molecule is CCOc1cc(C(=O)Nc2nnc(SCC(=O)Nc3cc(C)ccc3C)s2)cc(OCC)c1OCC. The molecule has 2 N–H and O–H groups in total. The van der Waals surface area contributed by atoms with Gasteiger partial charge in [-0.15, -0.1) is 10.2 Å². The minimum Gasteiger partial charge on any atom is -0.490 e. The fourth-order valence-corrected chi connectivity index (χ4v) is 4.74. The van der Waals surface area contributed by atoms with Crippen molar-refractivity contribution < 1.29 is 23.8 Å². The summed E-state index contributed by atoms with van der Waals surface area (Å²) in [6, 6.07) is 9.13. The quantitative estimate of drug-likeness (QED) is 0.239. The van der Waals surface area contributed by atoms with Crippen molar-refractivity contribution in [1.82, 2.24) is 10.2 Å². The molecule has 9 nitrogen and oxygen atoms in total. The Kier molecular flexibility index (Phi) is 9.95. The van der Waals surface area contributed by atoms with E-state index in [1.54, 1.807) is 12.1 Å². The number of nitrogens with one attached hydrogen (secondary N) is 2. The number of carbonyl (C=O) groups is 2. The van der Waals surface area contributed by atoms with Gasteiger partial charge in [0.25, 0.3) is 5.91 Å². The molecule has 36 heavy (non-hydrogen) atoms. The van der Waals surface area contributed by atoms with Crippen molar-refractivity contribution in [1.29, 1.82) is 0 Å². The molecule has 2 amide bonds. The van der Waals surface area contributed by atoms with E-state index in [9.17, 15) is 9.59 Å². The zero-order valence-electron chi connectivity index (χ0n) is 21.0. The number of hydrogen-bond acceptors (Lipinski definition) is 9. The summed E-state index contributed by atoms with van der Waals surface area (Å²) >= 11 is 2.44. The van der Waals surface area contributed by atoms with Crippen molar-refractivity contribution in [2.24, 2.45) is 0 Å². The molecule has 0 aliphatic carbocycles. The zero-order valence-corrected chi connectivity index (χ0v) is 22.6. The number of aryl methyl sites for hydroxylation is 2. The van der Waals surface area contributed by atoms with Gasteiger partial charge in [0.2, 0.25) is 16.8 Å². The Labute approximate surface area is 218 Å². The highest BCUT2D eigenvalue weighted by Gasteiger charge is 2.19. The summed E-state index contributed by atoms with van der Waals surface area (Å²) in [6.07, 6.45) is 0. The summed E-state index contributed by atoms with van der Waals surface area (Å²) in [5, 5.41) is 14.1. The van der Waals surface area contributed by atoms with Gasteiger partial charge in [0.15, 0.2) is 15.8 Å². The van der Waals surface area contributed by atoms with E-state index < -0.39 is 0 Å². The van der Waals surface area contributed by atoms with Crippen molar-refractivity contribution >= 4 is 45.7 Å². The van der Waals surface area contributed by atoms with Crippen LogP contribution in [-0.2, 0) is 4.79 Å². The number of rotatable bonds is 12. The normalized spacial score (nSPS) is 10.6. The highest BCUT2D eigenvalue weighted by atomic mass is 32.2. The molecule has 0 radical (unpaired) electrons. The number of amides is 2. The maximum Gasteiger partial charge on any atom is 0.257 e. The topological polar surface area (TPSA) is 112 Å². The lowest BCUT2D eigenvalue weighted by Crippen LogP contribution is -2.14. The van der Waals surface area contributed by atoms with E-state index in [4.69, 9.17) is 14.2 Å². The molecule has 3 aromatic rings. The van der Waals surface area contributed by atoms with Gasteiger partial charge in [0.05, 0.1) is 25.6 Å². The highest BCUT2D eigenvalue weighted by molar-refractivity contribution is 8.01. The number of anilines is 2. The molecule has 192 valence electrons. The van der Waals surface area contributed by atoms with Crippen LogP contribution in [0.2, 0.25) is 0 Å². The van der Waals surface area contributed by atoms with E-state index in [-0.39, 0.29) is 17.6 Å². The molecular formula is C25H30N4O5S2. The summed E-state index contributed by atoms with van der Waals surface area (Å²) < 4.78 is 17.6. The first-order chi connectivity index (χ1) is 17.3. The Balaban J connectivity index is 1.65. The Bertz CT molecular complexity index is 1190. The third kappa shape index (κ3) is 7.34. The van der Waals surface area contributed by atoms with E-state index >= 15 is 0 Å². The average molecular weight is 531 g/mol. The molecular weight excluding hydrogens is 500 g/mol. The molecule has 3 rings (SSSR count). The molecule has 0 aliphatic heterocycles. The smallest absolute Gasteiger partial charge is 0.257 e. The van der Waals surface area contributed by atoms with Crippen molar-refractivity contribution in [2.45, 2.75) is 39.0 Å². The van der Waals surface area contributed by atoms with Gasteiger partial charge in [-0.3, -0.25) is 14.9 Å². The Morgan fingerprint density at radius 3 is 2.22 bits per heavy atom. The van der Waals surface area contributed by atoms with Crippen molar-refractivity contribution in [3.63, 3.8) is 0 Å². The molecule has 0 aliphatic rings. The van der Waals surface area contributed by atoms with E-state index in [0.717, 1.165) is 16.8 Å². The highest BCUT2D eigenvalue weighted by Crippen LogP contribution is 2.39. The summed E-state index contributed by atoms with van der Waals surface area (Å²) in [5.41, 5.74) is 3.19. The third-order valence-corrected chi connectivity index (χ3v) is 6.76. The van der Waals surface area contributed by atoms with Crippen molar-refractivity contribution in [3.8, 4) is 17.2 Å². The van der Waals surface area contributed by atoms with Crippen LogP contribution in [0.1, 0.15) is 42.3 Å². The van der Waals surface area contributed by atoms with Gasteiger partial charge in [-0.1, -0.05) is 35.2 Å². The second kappa shape index (κ2) is 13.1. The molecule has 1 aromatic heterocycles. The molecule has 1 heterocycles. The number of ether oxygens (including phenoxy) is 3. The second-order valence-corrected chi connectivity index (χ2v) is 9.78. The van der Waals surface area contributed by atoms with Crippen LogP contribution in [0.4, 0.5) is 10.8 Å². The van der Waals surface area contributed by atoms with Crippen LogP contribution in [0.15, 0.2) is 34.7 Å². The van der Waals surface area contributed by atoms with Crippen molar-refractivity contribution in [3.05, 3.63) is 47.0 Å². The van der Waals surface area contributed by atoms with E-state index in [2.05, 4.69) is 20.8 Å². The van der Waals surface area contributed by atoms with Gasteiger partial charge in [0.1, 0.15) is 0 Å². The predicted molar refractivity (Wildman–Crippen MR) is 143 cm³/mol. The fraction of sp³-hybridized carbons (Fsp3) is 0.360. The van der Waals surface area contributed by atoms with Gasteiger partial charge in [-0.25, -0.2) is 0 Å². The molecule has 11 heteroatoms. The van der Waals surface area contributed by atoms with Crippen LogP contribution in [0.5, 0.6) is 17.2 Å². The number of hydrogen-bond donors (Lipinski definition) is 2. The largest absolute Gasteiger partial charge is 0.490 e. The minimum absolute atomic E-state index is 0.143. The van der Waals surface area contributed by atoms with Crippen LogP contribution >= 0.6 is 23.1 Å². The first-order valence-electron chi connectivity index (χ1n) is 11.6. The third-order valence-electron chi connectivity index (χ3n) is 4.79. The summed E-state index contributed by atoms with van der Waals surface area (Å²) in [7, 11) is 0. The maximum absolute atomic E-state index is 12.9. The van der Waals surface area contributed by atoms with Crippen molar-refractivity contribution in [2.75, 3.05) is 36.2 Å². The van der Waals surface area contributed by atoms with Gasteiger partial charge in [-0.05, 0) is 63.9 Å². The minimum atomic E-state index is -0.389. The monoisotopic (exact) mass is 530 g/mol. The molecule has 2 aromatic carbocycles. The lowest BCUT2D eigenvalue weighted by molar-refractivity contribution is -0.113. The molecule has 0 atom stereocenters. The molecule has 0 saturated carbocycles. The van der Waals surface area contributed by atoms with E-state index in [0.29, 0.717) is 52.1 Å². The fourth-order valence-electron chi connectivity index (χ4n) is 3.19. The molecule has 0 saturated heterocycles. The molecule has 0 bridgehead atoms. The zero-order chi connectivity index (χ0) is 26.1. The maximum atomic E-state index is 12.9. The molecule has 0 unspecified atom stereocenters. The number of benzene rings is 2. The van der Waals surface area contributed by atoms with Crippen LogP contribution in [-0.4, -0.2) is 47.6 Å². The Morgan fingerprint density at radius 1 is 0.917 bits per heavy atom. The lowest BCUT2D eigenvalue weighted by atomic mass is 10.1. The van der Waals surface area contributed by atoms with E-state index in [1.807, 2.05) is 52.8 Å². The number of nitrogens with zero attached hydrogens (tertiary/aromatic N) is 2. The predicted octanol–water partition coefficient (Wildman–Crippen LogP) is 5.33. The number of thioether (sulfide) groups is 1. The second-order valence-electron chi connectivity index (χ2n) is 7.58. The van der Waals surface area contributed by atoms with Gasteiger partial charge in [-0.2, -0.15) is 0 Å². The van der Waals surface area contributed by atoms with Crippen LogP contribution in [0.25, 0.3) is 0 Å². The Hall–Kier alpha value is -3.31. The van der Waals surface area contributed by atoms with Crippen LogP contribution < -0.4 is 24.8 Å². The summed E-state index contributed by atoms with van der Waals surface area (Å²) in [4.78, 5) is 25.3. The van der Waals surface area contributed by atoms with Gasteiger partial charge < -0.3 is 19.5 Å².